The molecule has 0 spiro atoms. The van der Waals surface area contributed by atoms with Gasteiger partial charge in [-0.1, -0.05) is 19.3 Å². The van der Waals surface area contributed by atoms with E-state index in [2.05, 4.69) is 5.32 Å². The lowest BCUT2D eigenvalue weighted by Crippen LogP contribution is -2.49. The molecule has 0 unspecified atom stereocenters. The Labute approximate surface area is 128 Å². The summed E-state index contributed by atoms with van der Waals surface area (Å²) in [6.07, 6.45) is 8.44. The highest BCUT2D eigenvalue weighted by Crippen LogP contribution is 2.31. The number of hydrogen-bond acceptors (Lipinski definition) is 3. The molecule has 0 atom stereocenters. The van der Waals surface area contributed by atoms with Gasteiger partial charge in [0.15, 0.2) is 0 Å². The number of rotatable bonds is 5. The molecule has 2 fully saturated rings. The fourth-order valence-electron chi connectivity index (χ4n) is 3.53. The number of nitrogens with zero attached hydrogens (tertiary/aromatic N) is 2. The van der Waals surface area contributed by atoms with Crippen LogP contribution in [-0.4, -0.2) is 60.9 Å². The second-order valence-corrected chi connectivity index (χ2v) is 6.61. The minimum atomic E-state index is -0.0553. The van der Waals surface area contributed by atoms with Gasteiger partial charge in [-0.25, -0.2) is 0 Å². The van der Waals surface area contributed by atoms with Crippen LogP contribution in [-0.2, 0) is 9.59 Å². The topological polar surface area (TPSA) is 52.7 Å². The van der Waals surface area contributed by atoms with E-state index in [1.807, 2.05) is 11.9 Å². The van der Waals surface area contributed by atoms with E-state index in [-0.39, 0.29) is 23.9 Å². The molecule has 120 valence electrons. The van der Waals surface area contributed by atoms with E-state index in [0.29, 0.717) is 6.42 Å². The number of carbonyl (C=O) groups excluding carboxylic acids is 2. The predicted octanol–water partition coefficient (Wildman–Crippen LogP) is 1.38. The highest BCUT2D eigenvalue weighted by molar-refractivity contribution is 5.85. The molecule has 21 heavy (non-hydrogen) atoms. The van der Waals surface area contributed by atoms with E-state index in [0.717, 1.165) is 38.8 Å². The van der Waals surface area contributed by atoms with Gasteiger partial charge in [0.25, 0.3) is 0 Å². The first kappa shape index (κ1) is 16.3. The monoisotopic (exact) mass is 295 g/mol. The fourth-order valence-corrected chi connectivity index (χ4v) is 3.53. The number of amides is 2. The number of carbonyl (C=O) groups is 2. The Morgan fingerprint density at radius 2 is 1.71 bits per heavy atom. The normalized spacial score (nSPS) is 21.3. The van der Waals surface area contributed by atoms with Crippen LogP contribution in [0.4, 0.5) is 0 Å². The van der Waals surface area contributed by atoms with Crippen molar-refractivity contribution in [2.45, 2.75) is 56.9 Å². The summed E-state index contributed by atoms with van der Waals surface area (Å²) in [6, 6.07) is 0. The maximum Gasteiger partial charge on any atom is 0.242 e. The average molecular weight is 295 g/mol. The van der Waals surface area contributed by atoms with E-state index in [9.17, 15) is 9.59 Å². The maximum atomic E-state index is 12.4. The molecule has 0 bridgehead atoms. The van der Waals surface area contributed by atoms with Crippen LogP contribution in [0, 0.1) is 0 Å². The van der Waals surface area contributed by atoms with Crippen molar-refractivity contribution in [3.05, 3.63) is 0 Å². The number of hydrogen-bond donors (Lipinski definition) is 1. The highest BCUT2D eigenvalue weighted by Gasteiger charge is 2.34. The van der Waals surface area contributed by atoms with Crippen molar-refractivity contribution >= 4 is 11.8 Å². The first-order valence-corrected chi connectivity index (χ1v) is 8.27. The molecule has 2 aliphatic rings. The maximum absolute atomic E-state index is 12.4. The molecule has 1 heterocycles. The molecule has 0 aromatic carbocycles. The second-order valence-electron chi connectivity index (χ2n) is 6.61. The Morgan fingerprint density at radius 3 is 2.29 bits per heavy atom. The van der Waals surface area contributed by atoms with E-state index >= 15 is 0 Å². The largest absolute Gasteiger partial charge is 0.341 e. The van der Waals surface area contributed by atoms with Gasteiger partial charge in [-0.3, -0.25) is 9.59 Å². The zero-order chi connectivity index (χ0) is 15.3. The summed E-state index contributed by atoms with van der Waals surface area (Å²) in [6.45, 7) is 1.92. The Balaban J connectivity index is 1.84. The third kappa shape index (κ3) is 4.19. The van der Waals surface area contributed by atoms with Gasteiger partial charge in [0, 0.05) is 32.1 Å². The van der Waals surface area contributed by atoms with Crippen LogP contribution in [0.5, 0.6) is 0 Å². The molecule has 2 amide bonds. The molecular weight excluding hydrogens is 266 g/mol. The van der Waals surface area contributed by atoms with Crippen molar-refractivity contribution < 1.29 is 9.59 Å². The van der Waals surface area contributed by atoms with Gasteiger partial charge in [-0.2, -0.15) is 0 Å². The highest BCUT2D eigenvalue weighted by atomic mass is 16.2. The summed E-state index contributed by atoms with van der Waals surface area (Å²) in [5.41, 5.74) is -0.0553. The smallest absolute Gasteiger partial charge is 0.242 e. The van der Waals surface area contributed by atoms with Crippen molar-refractivity contribution in [1.82, 2.24) is 15.1 Å². The quantitative estimate of drug-likeness (QED) is 0.833. The van der Waals surface area contributed by atoms with Crippen molar-refractivity contribution in [3.8, 4) is 0 Å². The SMILES string of the molecule is CNC1(CC(=O)N(C)CC(=O)N2CCCC2)CCCCC1. The van der Waals surface area contributed by atoms with Gasteiger partial charge in [0.2, 0.25) is 11.8 Å². The molecule has 2 rings (SSSR count). The zero-order valence-electron chi connectivity index (χ0n) is 13.5. The summed E-state index contributed by atoms with van der Waals surface area (Å²) in [7, 11) is 3.70. The number of nitrogens with one attached hydrogen (secondary N) is 1. The van der Waals surface area contributed by atoms with Crippen molar-refractivity contribution in [3.63, 3.8) is 0 Å². The molecule has 5 heteroatoms. The molecule has 1 aliphatic heterocycles. The Kier molecular flexibility index (Phi) is 5.62. The van der Waals surface area contributed by atoms with E-state index < -0.39 is 0 Å². The number of likely N-dealkylation sites (tertiary alicyclic amines) is 1. The van der Waals surface area contributed by atoms with Crippen LogP contribution >= 0.6 is 0 Å². The van der Waals surface area contributed by atoms with Crippen LogP contribution in [0.3, 0.4) is 0 Å². The number of likely N-dealkylation sites (N-methyl/N-ethyl adjacent to an activating group) is 1. The molecule has 0 aromatic rings. The van der Waals surface area contributed by atoms with E-state index in [1.165, 1.54) is 19.3 Å². The lowest BCUT2D eigenvalue weighted by molar-refractivity contribution is -0.139. The third-order valence-electron chi connectivity index (χ3n) is 5.09. The van der Waals surface area contributed by atoms with Crippen LogP contribution in [0.15, 0.2) is 0 Å². The molecule has 0 aromatic heterocycles. The summed E-state index contributed by atoms with van der Waals surface area (Å²) in [5.74, 6) is 0.171. The van der Waals surface area contributed by atoms with Gasteiger partial charge >= 0.3 is 0 Å². The molecular formula is C16H29N3O2. The van der Waals surface area contributed by atoms with Crippen LogP contribution in [0.2, 0.25) is 0 Å². The van der Waals surface area contributed by atoms with Crippen LogP contribution in [0.1, 0.15) is 51.4 Å². The molecule has 5 nitrogen and oxygen atoms in total. The van der Waals surface area contributed by atoms with Gasteiger partial charge in [0.05, 0.1) is 6.54 Å². The summed E-state index contributed by atoms with van der Waals surface area (Å²) >= 11 is 0. The van der Waals surface area contributed by atoms with Crippen molar-refractivity contribution in [1.29, 1.82) is 0 Å². The lowest BCUT2D eigenvalue weighted by atomic mass is 9.79. The standard InChI is InChI=1S/C16H29N3O2/c1-17-16(8-4-3-5-9-16)12-14(20)18(2)13-15(21)19-10-6-7-11-19/h17H,3-13H2,1-2H3. The predicted molar refractivity (Wildman–Crippen MR) is 82.9 cm³/mol. The second kappa shape index (κ2) is 7.25. The van der Waals surface area contributed by atoms with Gasteiger partial charge in [-0.05, 0) is 32.7 Å². The van der Waals surface area contributed by atoms with E-state index in [1.54, 1.807) is 11.9 Å². The molecule has 0 radical (unpaired) electrons. The summed E-state index contributed by atoms with van der Waals surface area (Å²) in [5, 5.41) is 3.37. The third-order valence-corrected chi connectivity index (χ3v) is 5.09. The first-order chi connectivity index (χ1) is 10.1. The first-order valence-electron chi connectivity index (χ1n) is 8.27. The van der Waals surface area contributed by atoms with Crippen molar-refractivity contribution in [2.75, 3.05) is 33.7 Å². The Morgan fingerprint density at radius 1 is 1.10 bits per heavy atom. The molecule has 1 N–H and O–H groups in total. The summed E-state index contributed by atoms with van der Waals surface area (Å²) < 4.78 is 0. The summed E-state index contributed by atoms with van der Waals surface area (Å²) in [4.78, 5) is 28.0. The van der Waals surface area contributed by atoms with Crippen LogP contribution in [0.25, 0.3) is 0 Å². The Bertz CT molecular complexity index is 372. The van der Waals surface area contributed by atoms with Crippen LogP contribution < -0.4 is 5.32 Å². The van der Waals surface area contributed by atoms with Gasteiger partial charge in [0.1, 0.15) is 0 Å². The zero-order valence-corrected chi connectivity index (χ0v) is 13.5. The molecule has 1 saturated carbocycles. The molecule has 1 saturated heterocycles. The minimum Gasteiger partial charge on any atom is -0.341 e. The Hall–Kier alpha value is -1.10. The fraction of sp³-hybridized carbons (Fsp3) is 0.875. The lowest BCUT2D eigenvalue weighted by Gasteiger charge is -2.37. The van der Waals surface area contributed by atoms with E-state index in [4.69, 9.17) is 0 Å². The van der Waals surface area contributed by atoms with Gasteiger partial charge < -0.3 is 15.1 Å². The van der Waals surface area contributed by atoms with Gasteiger partial charge in [-0.15, -0.1) is 0 Å². The molecule has 1 aliphatic carbocycles. The van der Waals surface area contributed by atoms with Crippen molar-refractivity contribution in [2.24, 2.45) is 0 Å². The minimum absolute atomic E-state index is 0.0553. The average Bonchev–Trinajstić information content (AvgIpc) is 3.02.